The van der Waals surface area contributed by atoms with Gasteiger partial charge >= 0.3 is 0 Å². The third kappa shape index (κ3) is 4.81. The maximum Gasteiger partial charge on any atom is 0.0794 e. The maximum atomic E-state index is 5.54. The molecule has 2 nitrogen and oxygen atoms in total. The molecule has 0 atom stereocenters. The lowest BCUT2D eigenvalue weighted by molar-refractivity contribution is 1.32. The first kappa shape index (κ1) is 30.5. The summed E-state index contributed by atoms with van der Waals surface area (Å²) in [5.74, 6) is 0. The van der Waals surface area contributed by atoms with Crippen LogP contribution in [-0.2, 0) is 0 Å². The Morgan fingerprint density at radius 2 is 0.704 bits per heavy atom. The molecule has 9 aromatic carbocycles. The Balaban J connectivity index is 1.26. The minimum Gasteiger partial charge on any atom is -0.256 e. The number of aromatic nitrogens is 2. The third-order valence-electron chi connectivity index (χ3n) is 11.1. The molecule has 0 unspecified atom stereocenters. The minimum absolute atomic E-state index is 0.941. The lowest BCUT2D eigenvalue weighted by atomic mass is 9.86. The zero-order valence-corrected chi connectivity index (χ0v) is 29.4. The van der Waals surface area contributed by atoms with Gasteiger partial charge in [0.1, 0.15) is 0 Å². The van der Waals surface area contributed by atoms with E-state index in [1.165, 1.54) is 70.7 Å². The zero-order chi connectivity index (χ0) is 35.6. The number of rotatable bonds is 4. The monoisotopic (exact) mass is 684 g/mol. The van der Waals surface area contributed by atoms with Gasteiger partial charge in [0, 0.05) is 28.1 Å². The van der Waals surface area contributed by atoms with Crippen LogP contribution in [-0.4, -0.2) is 9.97 Å². The number of fused-ring (bicyclic) bond motifs is 9. The van der Waals surface area contributed by atoms with Crippen molar-refractivity contribution in [2.24, 2.45) is 0 Å². The van der Waals surface area contributed by atoms with Gasteiger partial charge in [-0.15, -0.1) is 0 Å². The number of hydrogen-bond acceptors (Lipinski definition) is 2. The Morgan fingerprint density at radius 3 is 1.26 bits per heavy atom. The van der Waals surface area contributed by atoms with Crippen molar-refractivity contribution < 1.29 is 0 Å². The van der Waals surface area contributed by atoms with Crippen molar-refractivity contribution in [3.63, 3.8) is 0 Å². The lowest BCUT2D eigenvalue weighted by Gasteiger charge is -2.19. The smallest absolute Gasteiger partial charge is 0.0794 e. The van der Waals surface area contributed by atoms with Crippen molar-refractivity contribution >= 4 is 64.8 Å². The summed E-state index contributed by atoms with van der Waals surface area (Å²) in [6.45, 7) is 0. The molecule has 0 aliphatic carbocycles. The zero-order valence-electron chi connectivity index (χ0n) is 29.4. The lowest BCUT2D eigenvalue weighted by Crippen LogP contribution is -1.95. The summed E-state index contributed by atoms with van der Waals surface area (Å²) in [6, 6.07) is 68.1. The van der Waals surface area contributed by atoms with Gasteiger partial charge in [-0.05, 0) is 107 Å². The molecule has 0 aliphatic rings. The highest BCUT2D eigenvalue weighted by atomic mass is 14.7. The van der Waals surface area contributed by atoms with Gasteiger partial charge in [0.15, 0.2) is 0 Å². The van der Waals surface area contributed by atoms with Gasteiger partial charge in [-0.2, -0.15) is 0 Å². The maximum absolute atomic E-state index is 5.54. The van der Waals surface area contributed by atoms with Crippen LogP contribution in [0.3, 0.4) is 0 Å². The van der Waals surface area contributed by atoms with Crippen molar-refractivity contribution in [1.82, 2.24) is 9.97 Å². The predicted octanol–water partition coefficient (Wildman–Crippen LogP) is 14.1. The van der Waals surface area contributed by atoms with E-state index in [-0.39, 0.29) is 0 Å². The van der Waals surface area contributed by atoms with E-state index in [9.17, 15) is 0 Å². The standard InChI is InChI=1S/C52H32N2/c1-3-15-37-35(13-1)29-45(41-19-7-5-17-39(37)41)47-31-49-48(46-30-36-14-2-4-16-38(36)40-18-6-8-20-42(40)46)32-51(54-52(49)44-22-10-9-21-43(44)47)34-26-24-33(25-27-34)50-23-11-12-28-53-50/h1-32H. The van der Waals surface area contributed by atoms with E-state index in [1.54, 1.807) is 0 Å². The second kappa shape index (κ2) is 12.2. The Hall–Kier alpha value is -7.16. The van der Waals surface area contributed by atoms with Crippen LogP contribution in [0, 0.1) is 0 Å². The van der Waals surface area contributed by atoms with Gasteiger partial charge in [-0.3, -0.25) is 4.98 Å². The summed E-state index contributed by atoms with van der Waals surface area (Å²) >= 11 is 0. The molecule has 0 amide bonds. The number of benzene rings is 9. The molecule has 0 fully saturated rings. The first-order chi connectivity index (χ1) is 26.8. The molecule has 0 bridgehead atoms. The summed E-state index contributed by atoms with van der Waals surface area (Å²) in [7, 11) is 0. The van der Waals surface area contributed by atoms with E-state index >= 15 is 0 Å². The molecule has 250 valence electrons. The number of nitrogens with zero attached hydrogens (tertiary/aromatic N) is 2. The molecular formula is C52H32N2. The van der Waals surface area contributed by atoms with Crippen LogP contribution in [0.25, 0.3) is 110 Å². The number of pyridine rings is 2. The summed E-state index contributed by atoms with van der Waals surface area (Å²) in [5, 5.41) is 13.4. The van der Waals surface area contributed by atoms with Crippen LogP contribution >= 0.6 is 0 Å². The van der Waals surface area contributed by atoms with Crippen molar-refractivity contribution in [3.8, 4) is 44.8 Å². The molecule has 0 spiro atoms. The minimum atomic E-state index is 0.941. The molecular weight excluding hydrogens is 653 g/mol. The van der Waals surface area contributed by atoms with Gasteiger partial charge < -0.3 is 0 Å². The molecule has 2 aromatic heterocycles. The fraction of sp³-hybridized carbons (Fsp3) is 0. The van der Waals surface area contributed by atoms with Crippen LogP contribution in [0.15, 0.2) is 194 Å². The largest absolute Gasteiger partial charge is 0.256 e. The molecule has 11 rings (SSSR count). The highest BCUT2D eigenvalue weighted by Crippen LogP contribution is 2.45. The van der Waals surface area contributed by atoms with Crippen LogP contribution in [0.5, 0.6) is 0 Å². The van der Waals surface area contributed by atoms with Gasteiger partial charge in [0.2, 0.25) is 0 Å². The fourth-order valence-corrected chi connectivity index (χ4v) is 8.55. The Labute approximate surface area is 312 Å². The molecule has 0 saturated carbocycles. The summed E-state index contributed by atoms with van der Waals surface area (Å²) < 4.78 is 0. The highest BCUT2D eigenvalue weighted by molar-refractivity contribution is 6.23. The Kier molecular flexibility index (Phi) is 6.90. The topological polar surface area (TPSA) is 25.8 Å². The second-order valence-electron chi connectivity index (χ2n) is 14.1. The molecule has 54 heavy (non-hydrogen) atoms. The van der Waals surface area contributed by atoms with Crippen LogP contribution in [0.1, 0.15) is 0 Å². The predicted molar refractivity (Wildman–Crippen MR) is 229 cm³/mol. The summed E-state index contributed by atoms with van der Waals surface area (Å²) in [4.78, 5) is 10.1. The first-order valence-corrected chi connectivity index (χ1v) is 18.5. The Morgan fingerprint density at radius 1 is 0.278 bits per heavy atom. The fourth-order valence-electron chi connectivity index (χ4n) is 8.55. The summed E-state index contributed by atoms with van der Waals surface area (Å²) in [6.07, 6.45) is 1.84. The SMILES string of the molecule is c1ccc(-c2ccc(-c3cc(-c4cc5ccccc5c5ccccc45)c4cc(-c5cc6ccccc6c6ccccc56)c5ccccc5c4n3)cc2)nc1. The van der Waals surface area contributed by atoms with E-state index in [0.717, 1.165) is 38.8 Å². The normalized spacial score (nSPS) is 11.7. The third-order valence-corrected chi connectivity index (χ3v) is 11.1. The van der Waals surface area contributed by atoms with E-state index in [4.69, 9.17) is 4.98 Å². The molecule has 11 aromatic rings. The quantitative estimate of drug-likeness (QED) is 0.172. The number of hydrogen-bond donors (Lipinski definition) is 0. The first-order valence-electron chi connectivity index (χ1n) is 18.5. The van der Waals surface area contributed by atoms with Crippen LogP contribution < -0.4 is 0 Å². The van der Waals surface area contributed by atoms with E-state index < -0.39 is 0 Å². The van der Waals surface area contributed by atoms with Crippen molar-refractivity contribution in [2.45, 2.75) is 0 Å². The molecule has 2 heterocycles. The van der Waals surface area contributed by atoms with Crippen molar-refractivity contribution in [1.29, 1.82) is 0 Å². The molecule has 0 N–H and O–H groups in total. The van der Waals surface area contributed by atoms with Gasteiger partial charge in [-0.25, -0.2) is 4.98 Å². The summed E-state index contributed by atoms with van der Waals surface area (Å²) in [5.41, 5.74) is 9.85. The molecule has 0 radical (unpaired) electrons. The Bertz CT molecular complexity index is 3250. The van der Waals surface area contributed by atoms with Crippen LogP contribution in [0.2, 0.25) is 0 Å². The van der Waals surface area contributed by atoms with Crippen LogP contribution in [0.4, 0.5) is 0 Å². The van der Waals surface area contributed by atoms with E-state index in [2.05, 4.69) is 181 Å². The van der Waals surface area contributed by atoms with E-state index in [1.807, 2.05) is 18.3 Å². The molecule has 0 aliphatic heterocycles. The highest BCUT2D eigenvalue weighted by Gasteiger charge is 2.20. The molecule has 0 saturated heterocycles. The van der Waals surface area contributed by atoms with Gasteiger partial charge in [0.25, 0.3) is 0 Å². The second-order valence-corrected chi connectivity index (χ2v) is 14.1. The average Bonchev–Trinajstić information content (AvgIpc) is 3.25. The average molecular weight is 685 g/mol. The van der Waals surface area contributed by atoms with E-state index in [0.29, 0.717) is 0 Å². The van der Waals surface area contributed by atoms with Gasteiger partial charge in [-0.1, -0.05) is 152 Å². The van der Waals surface area contributed by atoms with Crippen molar-refractivity contribution in [2.75, 3.05) is 0 Å². The molecule has 2 heteroatoms. The van der Waals surface area contributed by atoms with Gasteiger partial charge in [0.05, 0.1) is 16.9 Å². The van der Waals surface area contributed by atoms with Crippen molar-refractivity contribution in [3.05, 3.63) is 194 Å².